The topological polar surface area (TPSA) is 66.8 Å². The van der Waals surface area contributed by atoms with Crippen molar-refractivity contribution in [2.45, 2.75) is 19.4 Å². The molecule has 3 rings (SSSR count). The van der Waals surface area contributed by atoms with Crippen molar-refractivity contribution in [2.75, 3.05) is 13.1 Å². The van der Waals surface area contributed by atoms with Gasteiger partial charge in [-0.25, -0.2) is 9.18 Å². The molecular formula is C20H20FNO4. The molecule has 136 valence electrons. The van der Waals surface area contributed by atoms with Crippen molar-refractivity contribution in [1.82, 2.24) is 4.90 Å². The molecule has 0 radical (unpaired) electrons. The number of carboxylic acids is 1. The third-order valence-corrected chi connectivity index (χ3v) is 4.66. The zero-order valence-corrected chi connectivity index (χ0v) is 14.4. The Morgan fingerprint density at radius 3 is 2.58 bits per heavy atom. The number of ether oxygens (including phenoxy) is 1. The van der Waals surface area contributed by atoms with E-state index in [0.29, 0.717) is 5.56 Å². The molecule has 5 nitrogen and oxygen atoms in total. The zero-order valence-electron chi connectivity index (χ0n) is 14.4. The highest BCUT2D eigenvalue weighted by atomic mass is 19.1. The predicted molar refractivity (Wildman–Crippen MR) is 93.2 cm³/mol. The lowest BCUT2D eigenvalue weighted by atomic mass is 9.88. The molecule has 0 spiro atoms. The van der Waals surface area contributed by atoms with Gasteiger partial charge in [0, 0.05) is 19.0 Å². The van der Waals surface area contributed by atoms with Crippen LogP contribution in [0.4, 0.5) is 9.18 Å². The fourth-order valence-corrected chi connectivity index (χ4v) is 3.26. The molecule has 0 bridgehead atoms. The number of amides is 1. The lowest BCUT2D eigenvalue weighted by Crippen LogP contribution is -2.30. The summed E-state index contributed by atoms with van der Waals surface area (Å²) in [6, 6.07) is 13.9. The molecule has 2 aromatic carbocycles. The van der Waals surface area contributed by atoms with E-state index in [1.54, 1.807) is 19.1 Å². The van der Waals surface area contributed by atoms with Crippen LogP contribution in [-0.4, -0.2) is 35.2 Å². The van der Waals surface area contributed by atoms with Gasteiger partial charge in [0.25, 0.3) is 0 Å². The van der Waals surface area contributed by atoms with Crippen LogP contribution in [0.2, 0.25) is 0 Å². The summed E-state index contributed by atoms with van der Waals surface area (Å²) >= 11 is 0. The van der Waals surface area contributed by atoms with Gasteiger partial charge in [-0.3, -0.25) is 4.79 Å². The van der Waals surface area contributed by atoms with E-state index in [0.717, 1.165) is 11.1 Å². The first-order valence-corrected chi connectivity index (χ1v) is 8.40. The fraction of sp³-hybridized carbons (Fsp3) is 0.300. The van der Waals surface area contributed by atoms with Gasteiger partial charge in [0.05, 0.1) is 5.92 Å². The molecule has 0 aromatic heterocycles. The molecule has 1 aliphatic heterocycles. The number of aliphatic carboxylic acids is 1. The SMILES string of the molecule is Cc1ccc(C2CN(C(=O)OCc3ccccc3)CC2C(=O)O)c(F)c1. The van der Waals surface area contributed by atoms with Gasteiger partial charge in [0.1, 0.15) is 12.4 Å². The number of hydrogen-bond donors (Lipinski definition) is 1. The van der Waals surface area contributed by atoms with Crippen molar-refractivity contribution in [2.24, 2.45) is 5.92 Å². The van der Waals surface area contributed by atoms with Gasteiger partial charge in [0.2, 0.25) is 0 Å². The highest BCUT2D eigenvalue weighted by Gasteiger charge is 2.42. The average Bonchev–Trinajstić information content (AvgIpc) is 3.06. The van der Waals surface area contributed by atoms with Crippen LogP contribution in [0.5, 0.6) is 0 Å². The molecule has 1 N–H and O–H groups in total. The maximum atomic E-state index is 14.3. The van der Waals surface area contributed by atoms with E-state index >= 15 is 0 Å². The first-order chi connectivity index (χ1) is 12.5. The van der Waals surface area contributed by atoms with Crippen molar-refractivity contribution in [1.29, 1.82) is 0 Å². The van der Waals surface area contributed by atoms with Crippen LogP contribution in [0.3, 0.4) is 0 Å². The summed E-state index contributed by atoms with van der Waals surface area (Å²) in [4.78, 5) is 25.3. The van der Waals surface area contributed by atoms with Gasteiger partial charge in [-0.1, -0.05) is 42.5 Å². The van der Waals surface area contributed by atoms with E-state index in [-0.39, 0.29) is 19.7 Å². The molecule has 1 amide bonds. The molecular weight excluding hydrogens is 337 g/mol. The summed E-state index contributed by atoms with van der Waals surface area (Å²) in [5.74, 6) is -2.96. The number of likely N-dealkylation sites (tertiary alicyclic amines) is 1. The molecule has 26 heavy (non-hydrogen) atoms. The number of benzene rings is 2. The second-order valence-corrected chi connectivity index (χ2v) is 6.52. The van der Waals surface area contributed by atoms with Crippen LogP contribution in [0.25, 0.3) is 0 Å². The summed E-state index contributed by atoms with van der Waals surface area (Å²) in [7, 11) is 0. The minimum atomic E-state index is -1.05. The molecule has 0 saturated carbocycles. The Morgan fingerprint density at radius 1 is 1.19 bits per heavy atom. The van der Waals surface area contributed by atoms with Crippen molar-refractivity contribution < 1.29 is 23.8 Å². The summed E-state index contributed by atoms with van der Waals surface area (Å²) in [6.45, 7) is 1.99. The quantitative estimate of drug-likeness (QED) is 0.908. The minimum Gasteiger partial charge on any atom is -0.481 e. The second-order valence-electron chi connectivity index (χ2n) is 6.52. The van der Waals surface area contributed by atoms with Crippen LogP contribution < -0.4 is 0 Å². The highest BCUT2D eigenvalue weighted by Crippen LogP contribution is 2.35. The molecule has 0 aliphatic carbocycles. The summed E-state index contributed by atoms with van der Waals surface area (Å²) < 4.78 is 19.6. The molecule has 6 heteroatoms. The van der Waals surface area contributed by atoms with Gasteiger partial charge in [0.15, 0.2) is 0 Å². The van der Waals surface area contributed by atoms with Gasteiger partial charge < -0.3 is 14.7 Å². The lowest BCUT2D eigenvalue weighted by molar-refractivity contribution is -0.141. The van der Waals surface area contributed by atoms with E-state index in [4.69, 9.17) is 4.74 Å². The Morgan fingerprint density at radius 2 is 1.92 bits per heavy atom. The standard InChI is InChI=1S/C20H20FNO4/c1-13-7-8-15(18(21)9-13)16-10-22(11-17(16)19(23)24)20(25)26-12-14-5-3-2-4-6-14/h2-9,16-17H,10-12H2,1H3,(H,23,24). The average molecular weight is 357 g/mol. The smallest absolute Gasteiger partial charge is 0.410 e. The van der Waals surface area contributed by atoms with E-state index in [9.17, 15) is 19.1 Å². The number of carboxylic acid groups (broad SMARTS) is 1. The van der Waals surface area contributed by atoms with E-state index in [1.807, 2.05) is 30.3 Å². The highest BCUT2D eigenvalue weighted by molar-refractivity contribution is 5.75. The molecule has 2 unspecified atom stereocenters. The first-order valence-electron chi connectivity index (χ1n) is 8.40. The first kappa shape index (κ1) is 17.9. The Labute approximate surface area is 151 Å². The van der Waals surface area contributed by atoms with Gasteiger partial charge in [-0.05, 0) is 29.7 Å². The Bertz CT molecular complexity index is 809. The molecule has 2 atom stereocenters. The molecule has 2 aromatic rings. The van der Waals surface area contributed by atoms with E-state index in [1.165, 1.54) is 11.0 Å². The third kappa shape index (κ3) is 3.85. The summed E-state index contributed by atoms with van der Waals surface area (Å²) in [6.07, 6.45) is -0.588. The van der Waals surface area contributed by atoms with E-state index in [2.05, 4.69) is 0 Å². The van der Waals surface area contributed by atoms with Crippen molar-refractivity contribution in [3.63, 3.8) is 0 Å². The number of aryl methyl sites for hydroxylation is 1. The van der Waals surface area contributed by atoms with Gasteiger partial charge in [-0.15, -0.1) is 0 Å². The normalized spacial score (nSPS) is 19.4. The summed E-state index contributed by atoms with van der Waals surface area (Å²) in [5, 5.41) is 9.50. The molecule has 1 saturated heterocycles. The van der Waals surface area contributed by atoms with Crippen LogP contribution in [0, 0.1) is 18.7 Å². The number of carbonyl (C=O) groups excluding carboxylic acids is 1. The number of hydrogen-bond acceptors (Lipinski definition) is 3. The van der Waals surface area contributed by atoms with E-state index < -0.39 is 29.7 Å². The number of carbonyl (C=O) groups is 2. The monoisotopic (exact) mass is 357 g/mol. The number of halogens is 1. The Hall–Kier alpha value is -2.89. The second kappa shape index (κ2) is 7.56. The minimum absolute atomic E-state index is 0.000932. The third-order valence-electron chi connectivity index (χ3n) is 4.66. The summed E-state index contributed by atoms with van der Waals surface area (Å²) in [5.41, 5.74) is 1.92. The lowest BCUT2D eigenvalue weighted by Gasteiger charge is -2.17. The molecule has 1 aliphatic rings. The number of nitrogens with zero attached hydrogens (tertiary/aromatic N) is 1. The Balaban J connectivity index is 1.72. The van der Waals surface area contributed by atoms with Crippen molar-refractivity contribution >= 4 is 12.1 Å². The zero-order chi connectivity index (χ0) is 18.7. The number of rotatable bonds is 4. The van der Waals surface area contributed by atoms with Crippen LogP contribution in [0.1, 0.15) is 22.6 Å². The van der Waals surface area contributed by atoms with Gasteiger partial charge >= 0.3 is 12.1 Å². The molecule has 1 heterocycles. The largest absolute Gasteiger partial charge is 0.481 e. The van der Waals surface area contributed by atoms with Crippen molar-refractivity contribution in [3.05, 3.63) is 71.0 Å². The van der Waals surface area contributed by atoms with Crippen molar-refractivity contribution in [3.8, 4) is 0 Å². The Kier molecular flexibility index (Phi) is 5.21. The molecule has 1 fully saturated rings. The maximum absolute atomic E-state index is 14.3. The van der Waals surface area contributed by atoms with Crippen LogP contribution in [-0.2, 0) is 16.1 Å². The van der Waals surface area contributed by atoms with Crippen LogP contribution >= 0.6 is 0 Å². The maximum Gasteiger partial charge on any atom is 0.410 e. The van der Waals surface area contributed by atoms with Gasteiger partial charge in [-0.2, -0.15) is 0 Å². The predicted octanol–water partition coefficient (Wildman–Crippen LogP) is 3.57. The fourth-order valence-electron chi connectivity index (χ4n) is 3.26. The van der Waals surface area contributed by atoms with Crippen LogP contribution in [0.15, 0.2) is 48.5 Å².